The Morgan fingerprint density at radius 1 is 1.24 bits per heavy atom. The SMILES string of the molecule is COC(=O)N1CCOC[C@H]1N(O)N(c1cccc(F)c1)[C@H](C(=O)NC1CC(F)(F)C1)c1ccccc1Cl. The fourth-order valence-electron chi connectivity index (χ4n) is 4.38. The van der Waals surface area contributed by atoms with E-state index in [1.54, 1.807) is 12.1 Å². The number of alkyl halides is 2. The minimum absolute atomic E-state index is 0.0249. The summed E-state index contributed by atoms with van der Waals surface area (Å²) in [6.07, 6.45) is -3.02. The van der Waals surface area contributed by atoms with E-state index < -0.39 is 54.8 Å². The van der Waals surface area contributed by atoms with Crippen LogP contribution in [-0.4, -0.2) is 72.3 Å². The molecule has 1 saturated heterocycles. The first-order chi connectivity index (χ1) is 17.6. The predicted octanol–water partition coefficient (Wildman–Crippen LogP) is 3.97. The highest BCUT2D eigenvalue weighted by Gasteiger charge is 2.48. The molecule has 1 heterocycles. The van der Waals surface area contributed by atoms with Gasteiger partial charge in [-0.15, -0.1) is 0 Å². The minimum Gasteiger partial charge on any atom is -0.453 e. The number of amides is 2. The summed E-state index contributed by atoms with van der Waals surface area (Å²) in [6.45, 7) is 0.0539. The fourth-order valence-corrected chi connectivity index (χ4v) is 4.62. The standard InChI is InChI=1S/C24H26ClF3N4O5/c1-36-23(34)30-9-10-37-14-20(30)32(35)31(17-6-4-5-15(26)11-17)21(18-7-2-3-8-19(18)25)22(33)29-16-12-24(27,28)13-16/h2-8,11,16,20-21,35H,9-10,12-14H2,1H3,(H,29,33)/t20-,21+/m1/s1. The molecule has 9 nitrogen and oxygen atoms in total. The van der Waals surface area contributed by atoms with Gasteiger partial charge in [0.15, 0.2) is 12.2 Å². The third-order valence-corrected chi connectivity index (χ3v) is 6.55. The zero-order valence-corrected chi connectivity index (χ0v) is 20.6. The van der Waals surface area contributed by atoms with Gasteiger partial charge >= 0.3 is 6.09 Å². The number of rotatable bonds is 7. The normalized spacial score (nSPS) is 20.2. The number of nitrogens with zero attached hydrogens (tertiary/aromatic N) is 3. The van der Waals surface area contributed by atoms with Crippen LogP contribution >= 0.6 is 11.6 Å². The lowest BCUT2D eigenvalue weighted by Gasteiger charge is -2.46. The van der Waals surface area contributed by atoms with Crippen LogP contribution in [0.5, 0.6) is 0 Å². The Labute approximate surface area is 216 Å². The van der Waals surface area contributed by atoms with Crippen molar-refractivity contribution in [2.45, 2.75) is 37.0 Å². The van der Waals surface area contributed by atoms with Crippen molar-refractivity contribution >= 4 is 29.3 Å². The lowest BCUT2D eigenvalue weighted by atomic mass is 9.88. The van der Waals surface area contributed by atoms with E-state index in [-0.39, 0.29) is 36.0 Å². The van der Waals surface area contributed by atoms with Gasteiger partial charge in [-0.05, 0) is 24.3 Å². The van der Waals surface area contributed by atoms with Crippen molar-refractivity contribution < 1.29 is 37.4 Å². The Morgan fingerprint density at radius 2 is 1.97 bits per heavy atom. The van der Waals surface area contributed by atoms with E-state index in [1.807, 2.05) is 0 Å². The van der Waals surface area contributed by atoms with E-state index in [9.17, 15) is 28.0 Å². The number of methoxy groups -OCH3 is 1. The summed E-state index contributed by atoms with van der Waals surface area (Å²) in [6, 6.07) is 9.08. The van der Waals surface area contributed by atoms with E-state index in [0.717, 1.165) is 11.1 Å². The van der Waals surface area contributed by atoms with Crippen LogP contribution in [0.15, 0.2) is 48.5 Å². The summed E-state index contributed by atoms with van der Waals surface area (Å²) in [5, 5.41) is 15.9. The quantitative estimate of drug-likeness (QED) is 0.511. The fraction of sp³-hybridized carbons (Fsp3) is 0.417. The second kappa shape index (κ2) is 11.1. The van der Waals surface area contributed by atoms with E-state index >= 15 is 0 Å². The maximum Gasteiger partial charge on any atom is 0.411 e. The molecule has 37 heavy (non-hydrogen) atoms. The number of halogens is 4. The van der Waals surface area contributed by atoms with Gasteiger partial charge in [-0.3, -0.25) is 19.9 Å². The average molecular weight is 543 g/mol. The number of morpholine rings is 1. The zero-order chi connectivity index (χ0) is 26.7. The first-order valence-electron chi connectivity index (χ1n) is 11.5. The summed E-state index contributed by atoms with van der Waals surface area (Å²) in [5.41, 5.74) is 0.231. The van der Waals surface area contributed by atoms with Gasteiger partial charge in [0.2, 0.25) is 5.91 Å². The van der Waals surface area contributed by atoms with Crippen molar-refractivity contribution in [1.29, 1.82) is 0 Å². The molecule has 2 aromatic carbocycles. The van der Waals surface area contributed by atoms with Gasteiger partial charge in [-0.2, -0.15) is 0 Å². The molecule has 1 aliphatic heterocycles. The van der Waals surface area contributed by atoms with Crippen LogP contribution in [0, 0.1) is 5.82 Å². The van der Waals surface area contributed by atoms with Crippen LogP contribution in [0.4, 0.5) is 23.7 Å². The van der Waals surface area contributed by atoms with Gasteiger partial charge in [-0.1, -0.05) is 41.0 Å². The molecule has 4 rings (SSSR count). The van der Waals surface area contributed by atoms with E-state index in [4.69, 9.17) is 21.1 Å². The number of ether oxygens (including phenoxy) is 2. The molecule has 1 saturated carbocycles. The summed E-state index contributed by atoms with van der Waals surface area (Å²) in [5.74, 6) is -4.32. The highest BCUT2D eigenvalue weighted by atomic mass is 35.5. The Balaban J connectivity index is 1.79. The summed E-state index contributed by atoms with van der Waals surface area (Å²) >= 11 is 6.44. The first kappa shape index (κ1) is 27.0. The molecule has 200 valence electrons. The number of hydrogen-bond donors (Lipinski definition) is 2. The van der Waals surface area contributed by atoms with Crippen molar-refractivity contribution in [2.75, 3.05) is 31.9 Å². The molecule has 0 spiro atoms. The largest absolute Gasteiger partial charge is 0.453 e. The summed E-state index contributed by atoms with van der Waals surface area (Å²) < 4.78 is 51.6. The molecule has 0 unspecified atom stereocenters. The van der Waals surface area contributed by atoms with Crippen LogP contribution in [0.2, 0.25) is 5.02 Å². The molecule has 1 aliphatic carbocycles. The third-order valence-electron chi connectivity index (χ3n) is 6.20. The number of nitrogens with one attached hydrogen (secondary N) is 1. The minimum atomic E-state index is -2.89. The summed E-state index contributed by atoms with van der Waals surface area (Å²) in [4.78, 5) is 27.3. The molecule has 0 aromatic heterocycles. The van der Waals surface area contributed by atoms with Crippen molar-refractivity contribution in [2.24, 2.45) is 0 Å². The van der Waals surface area contributed by atoms with E-state index in [0.29, 0.717) is 5.17 Å². The smallest absolute Gasteiger partial charge is 0.411 e. The molecule has 2 amide bonds. The molecule has 2 aliphatic rings. The zero-order valence-electron chi connectivity index (χ0n) is 19.8. The Bertz CT molecular complexity index is 1140. The molecule has 13 heteroatoms. The topological polar surface area (TPSA) is 94.6 Å². The maximum atomic E-state index is 14.4. The lowest BCUT2D eigenvalue weighted by molar-refractivity contribution is -0.210. The van der Waals surface area contributed by atoms with Crippen molar-refractivity contribution in [1.82, 2.24) is 15.4 Å². The van der Waals surface area contributed by atoms with Gasteiger partial charge in [0.1, 0.15) is 5.82 Å². The van der Waals surface area contributed by atoms with Crippen LogP contribution in [0.1, 0.15) is 24.4 Å². The molecular formula is C24H26ClF3N4O5. The molecule has 2 aromatic rings. The number of hydrazine groups is 1. The van der Waals surface area contributed by atoms with Crippen LogP contribution in [0.3, 0.4) is 0 Å². The molecule has 2 atom stereocenters. The second-order valence-corrected chi connectivity index (χ2v) is 9.16. The number of carbonyl (C=O) groups excluding carboxylic acids is 2. The molecule has 0 bridgehead atoms. The lowest BCUT2D eigenvalue weighted by Crippen LogP contribution is -2.63. The van der Waals surface area contributed by atoms with Crippen LogP contribution < -0.4 is 10.3 Å². The van der Waals surface area contributed by atoms with Crippen molar-refractivity contribution in [3.8, 4) is 0 Å². The Morgan fingerprint density at radius 3 is 2.62 bits per heavy atom. The number of benzene rings is 2. The second-order valence-electron chi connectivity index (χ2n) is 8.76. The Kier molecular flexibility index (Phi) is 8.12. The number of carbonyl (C=O) groups is 2. The van der Waals surface area contributed by atoms with E-state index in [1.165, 1.54) is 42.3 Å². The van der Waals surface area contributed by atoms with Gasteiger partial charge in [0.25, 0.3) is 5.92 Å². The average Bonchev–Trinajstić information content (AvgIpc) is 2.85. The van der Waals surface area contributed by atoms with Gasteiger partial charge < -0.3 is 14.8 Å². The third kappa shape index (κ3) is 5.93. The molecule has 0 radical (unpaired) electrons. The van der Waals surface area contributed by atoms with Gasteiger partial charge in [0, 0.05) is 36.0 Å². The summed E-state index contributed by atoms with van der Waals surface area (Å²) in [7, 11) is 1.18. The maximum absolute atomic E-state index is 14.4. The highest BCUT2D eigenvalue weighted by Crippen LogP contribution is 2.39. The molecule has 2 fully saturated rings. The van der Waals surface area contributed by atoms with Crippen LogP contribution in [0.25, 0.3) is 0 Å². The van der Waals surface area contributed by atoms with Gasteiger partial charge in [-0.25, -0.2) is 18.0 Å². The Hall–Kier alpha value is -3.06. The number of anilines is 1. The van der Waals surface area contributed by atoms with Crippen molar-refractivity contribution in [3.63, 3.8) is 0 Å². The number of hydroxylamine groups is 1. The van der Waals surface area contributed by atoms with Crippen LogP contribution in [-0.2, 0) is 14.3 Å². The molecule has 2 N–H and O–H groups in total. The predicted molar refractivity (Wildman–Crippen MR) is 127 cm³/mol. The monoisotopic (exact) mass is 542 g/mol. The first-order valence-corrected chi connectivity index (χ1v) is 11.9. The highest BCUT2D eigenvalue weighted by molar-refractivity contribution is 6.31. The van der Waals surface area contributed by atoms with Gasteiger partial charge in [0.05, 0.1) is 26.0 Å². The van der Waals surface area contributed by atoms with E-state index in [2.05, 4.69) is 5.32 Å². The van der Waals surface area contributed by atoms with Crippen molar-refractivity contribution in [3.05, 3.63) is 64.9 Å². The number of hydrogen-bond acceptors (Lipinski definition) is 7. The molecular weight excluding hydrogens is 517 g/mol.